The van der Waals surface area contributed by atoms with Crippen LogP contribution in [-0.2, 0) is 16.4 Å². The molecule has 0 radical (unpaired) electrons. The maximum atomic E-state index is 11.6. The Morgan fingerprint density at radius 3 is 2.67 bits per heavy atom. The minimum absolute atomic E-state index is 0.272. The van der Waals surface area contributed by atoms with E-state index in [0.717, 1.165) is 5.76 Å². The van der Waals surface area contributed by atoms with Crippen LogP contribution in [0.15, 0.2) is 39.8 Å². The Balaban J connectivity index is 2.20. The van der Waals surface area contributed by atoms with E-state index in [0.29, 0.717) is 18.1 Å². The summed E-state index contributed by atoms with van der Waals surface area (Å²) >= 11 is 0. The summed E-state index contributed by atoms with van der Waals surface area (Å²) in [6.45, 7) is 2.15. The van der Waals surface area contributed by atoms with Gasteiger partial charge in [-0.3, -0.25) is 0 Å². The molecule has 18 heavy (non-hydrogen) atoms. The third kappa shape index (κ3) is 2.89. The van der Waals surface area contributed by atoms with Gasteiger partial charge < -0.3 is 9.73 Å². The molecule has 6 heteroatoms. The first-order valence-corrected chi connectivity index (χ1v) is 7.30. The highest BCUT2D eigenvalue weighted by molar-refractivity contribution is 7.90. The van der Waals surface area contributed by atoms with Gasteiger partial charge in [-0.15, -0.1) is 0 Å². The highest BCUT2D eigenvalue weighted by atomic mass is 32.2. The van der Waals surface area contributed by atoms with Crippen molar-refractivity contribution in [2.75, 3.05) is 11.6 Å². The van der Waals surface area contributed by atoms with E-state index in [2.05, 4.69) is 10.3 Å². The predicted molar refractivity (Wildman–Crippen MR) is 68.1 cm³/mol. The summed E-state index contributed by atoms with van der Waals surface area (Å²) in [5, 5.41) is 3.01. The molecule has 2 aromatic rings. The first-order chi connectivity index (χ1) is 8.47. The molecule has 0 aliphatic rings. The van der Waals surface area contributed by atoms with E-state index in [-0.39, 0.29) is 4.90 Å². The van der Waals surface area contributed by atoms with Gasteiger partial charge in [0.1, 0.15) is 5.76 Å². The van der Waals surface area contributed by atoms with Crippen molar-refractivity contribution in [1.82, 2.24) is 4.98 Å². The molecule has 0 fully saturated rings. The van der Waals surface area contributed by atoms with Crippen molar-refractivity contribution in [3.8, 4) is 0 Å². The van der Waals surface area contributed by atoms with Crippen molar-refractivity contribution >= 4 is 15.5 Å². The Bertz CT molecular complexity index is 647. The molecule has 5 nitrogen and oxygen atoms in total. The van der Waals surface area contributed by atoms with E-state index in [1.54, 1.807) is 37.4 Å². The second-order valence-corrected chi connectivity index (χ2v) is 5.97. The van der Waals surface area contributed by atoms with Gasteiger partial charge in [0.15, 0.2) is 9.84 Å². The molecule has 0 atom stereocenters. The van der Waals surface area contributed by atoms with Gasteiger partial charge >= 0.3 is 0 Å². The number of rotatable bonds is 4. The number of hydrogen-bond acceptors (Lipinski definition) is 5. The van der Waals surface area contributed by atoms with Gasteiger partial charge in [0.2, 0.25) is 5.89 Å². The zero-order valence-electron chi connectivity index (χ0n) is 10.2. The fraction of sp³-hybridized carbons (Fsp3) is 0.250. The Morgan fingerprint density at radius 2 is 2.06 bits per heavy atom. The molecule has 0 saturated carbocycles. The van der Waals surface area contributed by atoms with Crippen molar-refractivity contribution in [2.24, 2.45) is 0 Å². The van der Waals surface area contributed by atoms with Gasteiger partial charge in [0.05, 0.1) is 23.3 Å². The molecule has 0 bridgehead atoms. The number of benzene rings is 1. The number of aromatic nitrogens is 1. The van der Waals surface area contributed by atoms with Gasteiger partial charge in [-0.05, 0) is 19.1 Å². The van der Waals surface area contributed by atoms with Gasteiger partial charge in [-0.25, -0.2) is 13.4 Å². The fourth-order valence-corrected chi connectivity index (χ4v) is 2.46. The van der Waals surface area contributed by atoms with Crippen molar-refractivity contribution in [2.45, 2.75) is 18.4 Å². The van der Waals surface area contributed by atoms with Crippen molar-refractivity contribution in [1.29, 1.82) is 0 Å². The van der Waals surface area contributed by atoms with Crippen molar-refractivity contribution in [3.63, 3.8) is 0 Å². The van der Waals surface area contributed by atoms with Crippen molar-refractivity contribution in [3.05, 3.63) is 42.1 Å². The highest BCUT2D eigenvalue weighted by Crippen LogP contribution is 2.21. The number of para-hydroxylation sites is 1. The van der Waals surface area contributed by atoms with E-state index >= 15 is 0 Å². The maximum Gasteiger partial charge on any atom is 0.213 e. The van der Waals surface area contributed by atoms with Gasteiger partial charge in [0, 0.05) is 6.26 Å². The van der Waals surface area contributed by atoms with Crippen LogP contribution in [0.2, 0.25) is 0 Å². The largest absolute Gasteiger partial charge is 0.444 e. The standard InChI is InChI=1S/C12H14N2O3S/c1-9-7-14-12(17-9)8-13-10-5-3-4-6-11(10)18(2,15)16/h3-7,13H,8H2,1-2H3. The number of aryl methyl sites for hydroxylation is 1. The molecule has 1 heterocycles. The summed E-state index contributed by atoms with van der Waals surface area (Å²) in [6.07, 6.45) is 2.81. The van der Waals surface area contributed by atoms with Crippen LogP contribution in [0.4, 0.5) is 5.69 Å². The second kappa shape index (κ2) is 4.81. The molecule has 0 saturated heterocycles. The normalized spacial score (nSPS) is 11.4. The van der Waals surface area contributed by atoms with Crippen LogP contribution in [0.3, 0.4) is 0 Å². The molecule has 96 valence electrons. The van der Waals surface area contributed by atoms with Crippen LogP contribution in [0.5, 0.6) is 0 Å². The zero-order chi connectivity index (χ0) is 13.2. The van der Waals surface area contributed by atoms with E-state index in [1.807, 2.05) is 0 Å². The summed E-state index contributed by atoms with van der Waals surface area (Å²) in [4.78, 5) is 4.32. The lowest BCUT2D eigenvalue weighted by Crippen LogP contribution is -2.06. The van der Waals surface area contributed by atoms with Crippen LogP contribution in [0.1, 0.15) is 11.7 Å². The lowest BCUT2D eigenvalue weighted by Gasteiger charge is -2.08. The molecule has 0 amide bonds. The molecular formula is C12H14N2O3S. The number of anilines is 1. The molecule has 1 aromatic carbocycles. The predicted octanol–water partition coefficient (Wildman–Crippen LogP) is 2.00. The first kappa shape index (κ1) is 12.6. The average molecular weight is 266 g/mol. The quantitative estimate of drug-likeness (QED) is 0.916. The lowest BCUT2D eigenvalue weighted by atomic mass is 10.3. The van der Waals surface area contributed by atoms with Crippen molar-refractivity contribution < 1.29 is 12.8 Å². The minimum Gasteiger partial charge on any atom is -0.444 e. The van der Waals surface area contributed by atoms with E-state index in [9.17, 15) is 8.42 Å². The number of hydrogen-bond donors (Lipinski definition) is 1. The second-order valence-electron chi connectivity index (χ2n) is 3.99. The summed E-state index contributed by atoms with van der Waals surface area (Å²) in [5.74, 6) is 1.25. The molecule has 0 aliphatic heterocycles. The zero-order valence-corrected chi connectivity index (χ0v) is 11.0. The van der Waals surface area contributed by atoms with E-state index in [4.69, 9.17) is 4.42 Å². The summed E-state index contributed by atoms with van der Waals surface area (Å²) in [5.41, 5.74) is 0.552. The van der Waals surface area contributed by atoms with Gasteiger partial charge in [0.25, 0.3) is 0 Å². The van der Waals surface area contributed by atoms with Gasteiger partial charge in [-0.2, -0.15) is 0 Å². The third-order valence-corrected chi connectivity index (χ3v) is 3.54. The van der Waals surface area contributed by atoms with E-state index in [1.165, 1.54) is 6.26 Å². The first-order valence-electron chi connectivity index (χ1n) is 5.41. The SMILES string of the molecule is Cc1cnc(CNc2ccccc2S(C)(=O)=O)o1. The maximum absolute atomic E-state index is 11.6. The summed E-state index contributed by atoms with van der Waals surface area (Å²) in [7, 11) is -3.25. The molecule has 0 aliphatic carbocycles. The molecule has 1 aromatic heterocycles. The average Bonchev–Trinajstić information content (AvgIpc) is 2.72. The molecular weight excluding hydrogens is 252 g/mol. The Labute approximate surface area is 106 Å². The van der Waals surface area contributed by atoms with E-state index < -0.39 is 9.84 Å². The molecule has 0 spiro atoms. The van der Waals surface area contributed by atoms with Crippen LogP contribution < -0.4 is 5.32 Å². The number of nitrogens with one attached hydrogen (secondary N) is 1. The molecule has 2 rings (SSSR count). The monoisotopic (exact) mass is 266 g/mol. The van der Waals surface area contributed by atoms with Crippen LogP contribution in [0.25, 0.3) is 0 Å². The Morgan fingerprint density at radius 1 is 1.33 bits per heavy atom. The lowest BCUT2D eigenvalue weighted by molar-refractivity contribution is 0.479. The fourth-order valence-electron chi connectivity index (χ4n) is 1.59. The highest BCUT2D eigenvalue weighted by Gasteiger charge is 2.12. The molecule has 0 unspecified atom stereocenters. The Hall–Kier alpha value is -1.82. The van der Waals surface area contributed by atoms with Gasteiger partial charge in [-0.1, -0.05) is 12.1 Å². The minimum atomic E-state index is -3.25. The van der Waals surface area contributed by atoms with Crippen LogP contribution >= 0.6 is 0 Å². The summed E-state index contributed by atoms with van der Waals surface area (Å²) < 4.78 is 28.5. The topological polar surface area (TPSA) is 72.2 Å². The number of oxazole rings is 1. The summed E-state index contributed by atoms with van der Waals surface area (Å²) in [6, 6.07) is 6.75. The molecule has 1 N–H and O–H groups in total. The number of nitrogens with zero attached hydrogens (tertiary/aromatic N) is 1. The third-order valence-electron chi connectivity index (χ3n) is 2.39. The Kier molecular flexibility index (Phi) is 3.38. The smallest absolute Gasteiger partial charge is 0.213 e. The number of sulfone groups is 1. The van der Waals surface area contributed by atoms with Crippen LogP contribution in [0, 0.1) is 6.92 Å². The van der Waals surface area contributed by atoms with Crippen LogP contribution in [-0.4, -0.2) is 19.7 Å².